The lowest BCUT2D eigenvalue weighted by molar-refractivity contribution is 1.11. The van der Waals surface area contributed by atoms with Gasteiger partial charge in [0.2, 0.25) is 0 Å². The third-order valence-electron chi connectivity index (χ3n) is 1.04. The van der Waals surface area contributed by atoms with Crippen LogP contribution in [0.1, 0.15) is 5.69 Å². The Kier molecular flexibility index (Phi) is 2.06. The fourth-order valence-corrected chi connectivity index (χ4v) is 0.666. The first kappa shape index (κ1) is 6.56. The summed E-state index contributed by atoms with van der Waals surface area (Å²) in [6.07, 6.45) is 2.35. The van der Waals surface area contributed by atoms with Crippen molar-refractivity contribution in [1.82, 2.24) is 4.98 Å². The zero-order chi connectivity index (χ0) is 6.69. The highest BCUT2D eigenvalue weighted by Crippen LogP contribution is 2.05. The van der Waals surface area contributed by atoms with Crippen LogP contribution in [0.15, 0.2) is 18.3 Å². The minimum absolute atomic E-state index is 0.673. The Morgan fingerprint density at radius 1 is 1.56 bits per heavy atom. The summed E-state index contributed by atoms with van der Waals surface area (Å²) < 4.78 is 0. The van der Waals surface area contributed by atoms with E-state index in [1.807, 2.05) is 12.1 Å². The highest BCUT2D eigenvalue weighted by atomic mass is 35.5. The number of halogens is 1. The van der Waals surface area contributed by atoms with Crippen LogP contribution in [0.2, 0.25) is 5.02 Å². The van der Waals surface area contributed by atoms with Gasteiger partial charge < -0.3 is 0 Å². The molecule has 1 aromatic rings. The molecule has 0 bridgehead atoms. The molecule has 9 heavy (non-hydrogen) atoms. The van der Waals surface area contributed by atoms with Crippen LogP contribution >= 0.6 is 11.6 Å². The molecule has 0 unspecified atom stereocenters. The van der Waals surface area contributed by atoms with Gasteiger partial charge in [0.1, 0.15) is 0 Å². The Bertz CT molecular complexity index is 181. The Balaban J connectivity index is 2.88. The first-order valence-corrected chi connectivity index (χ1v) is 3.10. The van der Waals surface area contributed by atoms with Crippen molar-refractivity contribution in [3.05, 3.63) is 36.0 Å². The van der Waals surface area contributed by atoms with Crippen molar-refractivity contribution >= 4 is 11.6 Å². The van der Waals surface area contributed by atoms with Crippen molar-refractivity contribution in [2.75, 3.05) is 0 Å². The molecule has 1 nitrogen and oxygen atoms in total. The van der Waals surface area contributed by atoms with Gasteiger partial charge in [0, 0.05) is 11.9 Å². The second-order valence-corrected chi connectivity index (χ2v) is 2.15. The van der Waals surface area contributed by atoms with Crippen LogP contribution in [-0.4, -0.2) is 4.98 Å². The molecule has 1 aromatic heterocycles. The summed E-state index contributed by atoms with van der Waals surface area (Å²) in [4.78, 5) is 4.00. The predicted molar refractivity (Wildman–Crippen MR) is 38.3 cm³/mol. The number of nitrogens with zero attached hydrogens (tertiary/aromatic N) is 1. The normalized spacial score (nSPS) is 9.56. The van der Waals surface area contributed by atoms with Crippen LogP contribution in [-0.2, 0) is 6.42 Å². The van der Waals surface area contributed by atoms with Gasteiger partial charge in [-0.05, 0) is 25.5 Å². The largest absolute Gasteiger partial charge is 0.260 e. The topological polar surface area (TPSA) is 12.9 Å². The van der Waals surface area contributed by atoms with Gasteiger partial charge in [-0.15, -0.1) is 0 Å². The summed E-state index contributed by atoms with van der Waals surface area (Å²) in [6, 6.07) is 3.68. The molecule has 1 radical (unpaired) electrons. The van der Waals surface area contributed by atoms with Gasteiger partial charge in [0.05, 0.1) is 5.02 Å². The van der Waals surface area contributed by atoms with Crippen LogP contribution in [0.3, 0.4) is 0 Å². The van der Waals surface area contributed by atoms with E-state index in [1.165, 1.54) is 0 Å². The SMILES string of the molecule is [CH2]Cc1ccc(Cl)cn1. The molecule has 0 saturated heterocycles. The zero-order valence-electron chi connectivity index (χ0n) is 4.97. The van der Waals surface area contributed by atoms with Gasteiger partial charge in [0.15, 0.2) is 0 Å². The Hall–Kier alpha value is -0.560. The molecule has 0 saturated carbocycles. The maximum Gasteiger partial charge on any atom is 0.0589 e. The fraction of sp³-hybridized carbons (Fsp3) is 0.143. The molecule has 1 heterocycles. The molecule has 0 aliphatic carbocycles. The lowest BCUT2D eigenvalue weighted by Gasteiger charge is -1.92. The van der Waals surface area contributed by atoms with E-state index < -0.39 is 0 Å². The third-order valence-corrected chi connectivity index (χ3v) is 1.27. The number of hydrogen-bond acceptors (Lipinski definition) is 1. The van der Waals surface area contributed by atoms with Crippen molar-refractivity contribution in [1.29, 1.82) is 0 Å². The maximum absolute atomic E-state index is 5.59. The molecule has 47 valence electrons. The van der Waals surface area contributed by atoms with E-state index >= 15 is 0 Å². The molecule has 0 aromatic carbocycles. The predicted octanol–water partition coefficient (Wildman–Crippen LogP) is 2.11. The van der Waals surface area contributed by atoms with Gasteiger partial charge in [0.25, 0.3) is 0 Å². The number of aromatic nitrogens is 1. The van der Waals surface area contributed by atoms with E-state index in [2.05, 4.69) is 11.9 Å². The van der Waals surface area contributed by atoms with Gasteiger partial charge in [-0.2, -0.15) is 0 Å². The molecule has 0 amide bonds. The first-order valence-electron chi connectivity index (χ1n) is 2.72. The van der Waals surface area contributed by atoms with Crippen LogP contribution in [0, 0.1) is 6.92 Å². The van der Waals surface area contributed by atoms with Crippen molar-refractivity contribution in [3.8, 4) is 0 Å². The molecule has 0 atom stereocenters. The van der Waals surface area contributed by atoms with Crippen molar-refractivity contribution in [2.45, 2.75) is 6.42 Å². The molecule has 0 aliphatic heterocycles. The molecule has 0 fully saturated rings. The van der Waals surface area contributed by atoms with Gasteiger partial charge in [-0.1, -0.05) is 11.6 Å². The summed E-state index contributed by atoms with van der Waals surface area (Å²) in [6.45, 7) is 3.68. The third kappa shape index (κ3) is 1.68. The van der Waals surface area contributed by atoms with E-state index in [0.717, 1.165) is 12.1 Å². The number of rotatable bonds is 1. The van der Waals surface area contributed by atoms with Crippen molar-refractivity contribution in [2.24, 2.45) is 0 Å². The lowest BCUT2D eigenvalue weighted by Crippen LogP contribution is -1.83. The zero-order valence-corrected chi connectivity index (χ0v) is 5.73. The molecular weight excluding hydrogens is 134 g/mol. The number of hydrogen-bond donors (Lipinski definition) is 0. The Morgan fingerprint density at radius 2 is 2.33 bits per heavy atom. The van der Waals surface area contributed by atoms with Gasteiger partial charge in [-0.25, -0.2) is 0 Å². The number of pyridine rings is 1. The summed E-state index contributed by atoms with van der Waals surface area (Å²) in [5.74, 6) is 0. The van der Waals surface area contributed by atoms with Gasteiger partial charge >= 0.3 is 0 Å². The van der Waals surface area contributed by atoms with E-state index in [0.29, 0.717) is 5.02 Å². The van der Waals surface area contributed by atoms with Crippen molar-refractivity contribution < 1.29 is 0 Å². The average molecular weight is 141 g/mol. The molecule has 0 N–H and O–H groups in total. The quantitative estimate of drug-likeness (QED) is 0.582. The lowest BCUT2D eigenvalue weighted by atomic mass is 10.3. The second-order valence-electron chi connectivity index (χ2n) is 1.72. The molecule has 0 spiro atoms. The molecule has 2 heteroatoms. The van der Waals surface area contributed by atoms with E-state index in [-0.39, 0.29) is 0 Å². The minimum atomic E-state index is 0.673. The van der Waals surface area contributed by atoms with E-state index in [9.17, 15) is 0 Å². The van der Waals surface area contributed by atoms with Crippen LogP contribution in [0.5, 0.6) is 0 Å². The molecule has 1 rings (SSSR count). The second kappa shape index (κ2) is 2.83. The average Bonchev–Trinajstić information content (AvgIpc) is 1.90. The van der Waals surface area contributed by atoms with Crippen molar-refractivity contribution in [3.63, 3.8) is 0 Å². The molecular formula is C7H7ClN. The highest BCUT2D eigenvalue weighted by molar-refractivity contribution is 6.30. The van der Waals surface area contributed by atoms with Crippen LogP contribution < -0.4 is 0 Å². The standard InChI is InChI=1S/C7H7ClN/c1-2-7-4-3-6(8)5-9-7/h3-5H,1-2H2. The summed E-state index contributed by atoms with van der Waals surface area (Å²) >= 11 is 5.59. The van der Waals surface area contributed by atoms with Gasteiger partial charge in [-0.3, -0.25) is 4.98 Å². The van der Waals surface area contributed by atoms with E-state index in [4.69, 9.17) is 11.6 Å². The summed E-state index contributed by atoms with van der Waals surface area (Å²) in [5.41, 5.74) is 0.972. The van der Waals surface area contributed by atoms with Crippen LogP contribution in [0.25, 0.3) is 0 Å². The fourth-order valence-electron chi connectivity index (χ4n) is 0.554. The molecule has 0 aliphatic rings. The summed E-state index contributed by atoms with van der Waals surface area (Å²) in [5, 5.41) is 0.673. The highest BCUT2D eigenvalue weighted by Gasteiger charge is 1.87. The summed E-state index contributed by atoms with van der Waals surface area (Å²) in [7, 11) is 0. The first-order chi connectivity index (χ1) is 4.33. The minimum Gasteiger partial charge on any atom is -0.260 e. The van der Waals surface area contributed by atoms with Crippen LogP contribution in [0.4, 0.5) is 0 Å². The Morgan fingerprint density at radius 3 is 2.78 bits per heavy atom. The monoisotopic (exact) mass is 140 g/mol. The Labute approximate surface area is 59.7 Å². The smallest absolute Gasteiger partial charge is 0.0589 e. The van der Waals surface area contributed by atoms with E-state index in [1.54, 1.807) is 6.20 Å². The maximum atomic E-state index is 5.59.